The van der Waals surface area contributed by atoms with E-state index in [2.05, 4.69) is 10.2 Å². The molecule has 0 saturated heterocycles. The molecule has 2 nitrogen and oxygen atoms in total. The van der Waals surface area contributed by atoms with Gasteiger partial charge in [0.15, 0.2) is 5.15 Å². The van der Waals surface area contributed by atoms with Gasteiger partial charge in [0.25, 0.3) is 0 Å². The average molecular weight is 273 g/mol. The summed E-state index contributed by atoms with van der Waals surface area (Å²) in [5.74, 6) is 0. The highest BCUT2D eigenvalue weighted by Crippen LogP contribution is 2.30. The van der Waals surface area contributed by atoms with Gasteiger partial charge in [-0.1, -0.05) is 23.7 Å². The molecule has 18 heavy (non-hydrogen) atoms. The summed E-state index contributed by atoms with van der Waals surface area (Å²) in [4.78, 5) is 0. The van der Waals surface area contributed by atoms with E-state index in [1.807, 2.05) is 0 Å². The van der Waals surface area contributed by atoms with E-state index in [0.717, 1.165) is 17.7 Å². The zero-order valence-electron chi connectivity index (χ0n) is 9.29. The summed E-state index contributed by atoms with van der Waals surface area (Å²) in [6, 6.07) is 6.43. The molecule has 1 aromatic heterocycles. The van der Waals surface area contributed by atoms with E-state index in [9.17, 15) is 13.2 Å². The number of rotatable bonds is 1. The molecule has 0 fully saturated rings. The van der Waals surface area contributed by atoms with Crippen LogP contribution in [-0.4, -0.2) is 10.2 Å². The summed E-state index contributed by atoms with van der Waals surface area (Å²) in [5, 5.41) is 7.84. The van der Waals surface area contributed by atoms with Gasteiger partial charge in [-0.2, -0.15) is 13.2 Å². The number of aromatic nitrogens is 2. The lowest BCUT2D eigenvalue weighted by Crippen LogP contribution is -2.04. The van der Waals surface area contributed by atoms with Crippen molar-refractivity contribution in [1.29, 1.82) is 0 Å². The predicted octanol–water partition coefficient (Wildman–Crippen LogP) is 4.12. The highest BCUT2D eigenvalue weighted by molar-refractivity contribution is 6.30. The molecule has 0 radical (unpaired) electrons. The number of hydrogen-bond acceptors (Lipinski definition) is 2. The molecule has 0 saturated carbocycles. The van der Waals surface area contributed by atoms with Gasteiger partial charge in [0.05, 0.1) is 11.3 Å². The van der Waals surface area contributed by atoms with Crippen molar-refractivity contribution in [1.82, 2.24) is 10.2 Å². The van der Waals surface area contributed by atoms with Gasteiger partial charge >= 0.3 is 6.18 Å². The molecular formula is C12H8ClF3N2. The predicted molar refractivity (Wildman–Crippen MR) is 62.2 cm³/mol. The van der Waals surface area contributed by atoms with Gasteiger partial charge < -0.3 is 0 Å². The summed E-state index contributed by atoms with van der Waals surface area (Å²) in [7, 11) is 0. The number of aryl methyl sites for hydroxylation is 1. The molecule has 0 atom stereocenters. The Kier molecular flexibility index (Phi) is 3.26. The summed E-state index contributed by atoms with van der Waals surface area (Å²) in [6.07, 6.45) is -4.33. The third kappa shape index (κ3) is 2.61. The second-order valence-electron chi connectivity index (χ2n) is 3.78. The van der Waals surface area contributed by atoms with Crippen LogP contribution in [0.15, 0.2) is 30.3 Å². The van der Waals surface area contributed by atoms with Gasteiger partial charge in [0, 0.05) is 5.56 Å². The maximum absolute atomic E-state index is 12.4. The van der Waals surface area contributed by atoms with Crippen LogP contribution >= 0.6 is 11.6 Å². The molecule has 0 bridgehead atoms. The van der Waals surface area contributed by atoms with Gasteiger partial charge in [-0.25, -0.2) is 0 Å². The van der Waals surface area contributed by atoms with Crippen molar-refractivity contribution in [2.45, 2.75) is 13.1 Å². The number of nitrogens with zero attached hydrogens (tertiary/aromatic N) is 2. The fraction of sp³-hybridized carbons (Fsp3) is 0.167. The van der Waals surface area contributed by atoms with E-state index < -0.39 is 11.7 Å². The highest BCUT2D eigenvalue weighted by atomic mass is 35.5. The Morgan fingerprint density at radius 3 is 2.17 bits per heavy atom. The topological polar surface area (TPSA) is 25.8 Å². The van der Waals surface area contributed by atoms with Crippen molar-refractivity contribution < 1.29 is 13.2 Å². The summed E-state index contributed by atoms with van der Waals surface area (Å²) >= 11 is 5.73. The SMILES string of the molecule is Cc1cc(-c2ccc(C(F)(F)F)cc2)nnc1Cl. The minimum Gasteiger partial charge on any atom is -0.166 e. The number of halogens is 4. The Morgan fingerprint density at radius 1 is 1.06 bits per heavy atom. The first-order valence-corrected chi connectivity index (χ1v) is 5.43. The van der Waals surface area contributed by atoms with Crippen LogP contribution in [-0.2, 0) is 6.18 Å². The Balaban J connectivity index is 2.37. The van der Waals surface area contributed by atoms with Crippen molar-refractivity contribution >= 4 is 11.6 Å². The minimum absolute atomic E-state index is 0.283. The quantitative estimate of drug-likeness (QED) is 0.780. The van der Waals surface area contributed by atoms with E-state index in [0.29, 0.717) is 11.3 Å². The Hall–Kier alpha value is -1.62. The van der Waals surface area contributed by atoms with Crippen LogP contribution in [0.2, 0.25) is 5.15 Å². The third-order valence-electron chi connectivity index (χ3n) is 2.43. The molecule has 2 aromatic rings. The largest absolute Gasteiger partial charge is 0.416 e. The summed E-state index contributed by atoms with van der Waals surface area (Å²) < 4.78 is 37.2. The van der Waals surface area contributed by atoms with Gasteiger partial charge in [-0.05, 0) is 30.7 Å². The van der Waals surface area contributed by atoms with Crippen molar-refractivity contribution in [3.05, 3.63) is 46.6 Å². The highest BCUT2D eigenvalue weighted by Gasteiger charge is 2.30. The smallest absolute Gasteiger partial charge is 0.166 e. The first-order valence-electron chi connectivity index (χ1n) is 5.05. The number of alkyl halides is 3. The maximum atomic E-state index is 12.4. The summed E-state index contributed by atoms with van der Waals surface area (Å²) in [6.45, 7) is 1.75. The van der Waals surface area contributed by atoms with Crippen molar-refractivity contribution in [3.63, 3.8) is 0 Å². The molecule has 0 aliphatic carbocycles. The second kappa shape index (κ2) is 4.57. The van der Waals surface area contributed by atoms with Crippen LogP contribution in [0.4, 0.5) is 13.2 Å². The standard InChI is InChI=1S/C12H8ClF3N2/c1-7-6-10(17-18-11(7)13)8-2-4-9(5-3-8)12(14,15)16/h2-6H,1H3. The zero-order chi connectivity index (χ0) is 13.3. The van der Waals surface area contributed by atoms with Gasteiger partial charge in [-0.3, -0.25) is 0 Å². The molecule has 0 aliphatic heterocycles. The fourth-order valence-electron chi connectivity index (χ4n) is 1.44. The average Bonchev–Trinajstić information content (AvgIpc) is 2.32. The Morgan fingerprint density at radius 2 is 1.67 bits per heavy atom. The first-order chi connectivity index (χ1) is 8.38. The molecule has 2 rings (SSSR count). The van der Waals surface area contributed by atoms with E-state index in [1.165, 1.54) is 12.1 Å². The maximum Gasteiger partial charge on any atom is 0.416 e. The lowest BCUT2D eigenvalue weighted by molar-refractivity contribution is -0.137. The van der Waals surface area contributed by atoms with Crippen LogP contribution in [0, 0.1) is 6.92 Å². The molecule has 0 unspecified atom stereocenters. The van der Waals surface area contributed by atoms with Crippen LogP contribution in [0.1, 0.15) is 11.1 Å². The van der Waals surface area contributed by atoms with Gasteiger partial charge in [-0.15, -0.1) is 10.2 Å². The van der Waals surface area contributed by atoms with E-state index in [4.69, 9.17) is 11.6 Å². The Bertz CT molecular complexity index is 565. The molecular weight excluding hydrogens is 265 g/mol. The molecule has 0 aliphatic rings. The first kappa shape index (κ1) is 12.8. The van der Waals surface area contributed by atoms with E-state index in [-0.39, 0.29) is 5.15 Å². The monoisotopic (exact) mass is 272 g/mol. The van der Waals surface area contributed by atoms with Gasteiger partial charge in [0.2, 0.25) is 0 Å². The van der Waals surface area contributed by atoms with Crippen LogP contribution in [0.5, 0.6) is 0 Å². The van der Waals surface area contributed by atoms with Crippen LogP contribution in [0.3, 0.4) is 0 Å². The third-order valence-corrected chi connectivity index (χ3v) is 2.81. The lowest BCUT2D eigenvalue weighted by atomic mass is 10.1. The second-order valence-corrected chi connectivity index (χ2v) is 4.14. The molecule has 0 amide bonds. The molecule has 0 N–H and O–H groups in total. The van der Waals surface area contributed by atoms with Crippen molar-refractivity contribution in [2.24, 2.45) is 0 Å². The van der Waals surface area contributed by atoms with Crippen LogP contribution in [0.25, 0.3) is 11.3 Å². The minimum atomic E-state index is -4.33. The fourth-order valence-corrected chi connectivity index (χ4v) is 1.53. The molecule has 6 heteroatoms. The summed E-state index contributed by atoms with van der Waals surface area (Å²) in [5.41, 5.74) is 1.09. The molecule has 1 heterocycles. The van der Waals surface area contributed by atoms with E-state index in [1.54, 1.807) is 13.0 Å². The van der Waals surface area contributed by atoms with Crippen molar-refractivity contribution in [2.75, 3.05) is 0 Å². The van der Waals surface area contributed by atoms with Gasteiger partial charge in [0.1, 0.15) is 0 Å². The van der Waals surface area contributed by atoms with Crippen LogP contribution < -0.4 is 0 Å². The number of hydrogen-bond donors (Lipinski definition) is 0. The molecule has 94 valence electrons. The zero-order valence-corrected chi connectivity index (χ0v) is 10.0. The number of benzene rings is 1. The lowest BCUT2D eigenvalue weighted by Gasteiger charge is -2.07. The molecule has 1 aromatic carbocycles. The Labute approximate surface area is 106 Å². The van der Waals surface area contributed by atoms with Crippen molar-refractivity contribution in [3.8, 4) is 11.3 Å². The van der Waals surface area contributed by atoms with E-state index >= 15 is 0 Å². The molecule has 0 spiro atoms. The normalized spacial score (nSPS) is 11.6.